The molecule has 56 valence electrons. The maximum atomic E-state index is 12.8. The molecule has 1 aromatic carbocycles. The topological polar surface area (TPSA) is 26.0 Å². The molecule has 0 aliphatic rings. The Labute approximate surface area is 65.0 Å². The van der Waals surface area contributed by atoms with Crippen LogP contribution in [0.15, 0.2) is 12.1 Å². The second-order valence-corrected chi connectivity index (χ2v) is 2.35. The van der Waals surface area contributed by atoms with E-state index in [0.29, 0.717) is 5.56 Å². The van der Waals surface area contributed by atoms with Gasteiger partial charge in [0.1, 0.15) is 5.82 Å². The average molecular weight is 149 g/mol. The van der Waals surface area contributed by atoms with Gasteiger partial charge in [-0.2, -0.15) is 0 Å². The Morgan fingerprint density at radius 3 is 2.73 bits per heavy atom. The molecule has 0 aromatic heterocycles. The Morgan fingerprint density at radius 1 is 1.55 bits per heavy atom. The van der Waals surface area contributed by atoms with Gasteiger partial charge in [-0.25, -0.2) is 4.39 Å². The number of aryl methyl sites for hydroxylation is 1. The highest BCUT2D eigenvalue weighted by Gasteiger charge is 2.02. The summed E-state index contributed by atoms with van der Waals surface area (Å²) in [6.07, 6.45) is 5.09. The molecule has 11 heavy (non-hydrogen) atoms. The summed E-state index contributed by atoms with van der Waals surface area (Å²) in [5.74, 6) is 1.87. The summed E-state index contributed by atoms with van der Waals surface area (Å²) in [7, 11) is 0. The van der Waals surface area contributed by atoms with Crippen molar-refractivity contribution in [1.29, 1.82) is 0 Å². The first kappa shape index (κ1) is 7.62. The lowest BCUT2D eigenvalue weighted by atomic mass is 10.1. The maximum absolute atomic E-state index is 12.8. The smallest absolute Gasteiger partial charge is 0.147 e. The van der Waals surface area contributed by atoms with Crippen molar-refractivity contribution in [2.24, 2.45) is 0 Å². The Hall–Kier alpha value is -1.49. The average Bonchev–Trinajstić information content (AvgIpc) is 1.96. The summed E-state index contributed by atoms with van der Waals surface area (Å²) in [5.41, 5.74) is 6.60. The minimum atomic E-state index is -0.446. The van der Waals surface area contributed by atoms with E-state index in [1.165, 1.54) is 6.07 Å². The van der Waals surface area contributed by atoms with Crippen molar-refractivity contribution in [1.82, 2.24) is 0 Å². The normalized spacial score (nSPS) is 9.18. The highest BCUT2D eigenvalue weighted by atomic mass is 19.1. The zero-order chi connectivity index (χ0) is 8.43. The molecule has 0 heterocycles. The fraction of sp³-hybridized carbons (Fsp3) is 0.111. The third kappa shape index (κ3) is 1.32. The monoisotopic (exact) mass is 149 g/mol. The van der Waals surface area contributed by atoms with Crippen LogP contribution in [0.1, 0.15) is 11.1 Å². The predicted octanol–water partition coefficient (Wildman–Crippen LogP) is 1.70. The Balaban J connectivity index is 3.39. The van der Waals surface area contributed by atoms with Crippen molar-refractivity contribution < 1.29 is 4.39 Å². The van der Waals surface area contributed by atoms with E-state index in [2.05, 4.69) is 5.92 Å². The van der Waals surface area contributed by atoms with E-state index in [4.69, 9.17) is 12.2 Å². The number of hydrogen-bond acceptors (Lipinski definition) is 1. The van der Waals surface area contributed by atoms with Crippen molar-refractivity contribution >= 4 is 5.69 Å². The number of nitrogens with two attached hydrogens (primary N) is 1. The van der Waals surface area contributed by atoms with Gasteiger partial charge in [-0.3, -0.25) is 0 Å². The molecule has 0 atom stereocenters. The number of anilines is 1. The van der Waals surface area contributed by atoms with Crippen molar-refractivity contribution in [3.8, 4) is 12.3 Å². The van der Waals surface area contributed by atoms with Crippen molar-refractivity contribution in [2.45, 2.75) is 6.92 Å². The zero-order valence-electron chi connectivity index (χ0n) is 6.19. The molecular formula is C9H8FN. The number of benzene rings is 1. The van der Waals surface area contributed by atoms with Gasteiger partial charge in [0.2, 0.25) is 0 Å². The Kier molecular flexibility index (Phi) is 1.82. The minimum absolute atomic E-state index is 0.0538. The van der Waals surface area contributed by atoms with Gasteiger partial charge < -0.3 is 5.73 Å². The summed E-state index contributed by atoms with van der Waals surface area (Å²) in [6, 6.07) is 3.04. The van der Waals surface area contributed by atoms with Crippen molar-refractivity contribution in [3.63, 3.8) is 0 Å². The van der Waals surface area contributed by atoms with Crippen LogP contribution >= 0.6 is 0 Å². The quantitative estimate of drug-likeness (QED) is 0.441. The number of hydrogen-bond donors (Lipinski definition) is 1. The van der Waals surface area contributed by atoms with Crippen LogP contribution in [0.3, 0.4) is 0 Å². The lowest BCUT2D eigenvalue weighted by Crippen LogP contribution is -1.95. The van der Waals surface area contributed by atoms with E-state index in [1.54, 1.807) is 13.0 Å². The van der Waals surface area contributed by atoms with Crippen LogP contribution in [0.4, 0.5) is 10.1 Å². The molecule has 0 saturated heterocycles. The molecule has 0 radical (unpaired) electrons. The first-order valence-electron chi connectivity index (χ1n) is 3.17. The second-order valence-electron chi connectivity index (χ2n) is 2.35. The van der Waals surface area contributed by atoms with Crippen LogP contribution in [-0.2, 0) is 0 Å². The Morgan fingerprint density at radius 2 is 2.18 bits per heavy atom. The van der Waals surface area contributed by atoms with Crippen LogP contribution in [-0.4, -0.2) is 0 Å². The summed E-state index contributed by atoms with van der Waals surface area (Å²) < 4.78 is 12.8. The van der Waals surface area contributed by atoms with E-state index in [0.717, 1.165) is 5.56 Å². The molecule has 0 bridgehead atoms. The largest absolute Gasteiger partial charge is 0.395 e. The van der Waals surface area contributed by atoms with Gasteiger partial charge in [-0.15, -0.1) is 6.42 Å². The van der Waals surface area contributed by atoms with E-state index >= 15 is 0 Å². The van der Waals surface area contributed by atoms with E-state index in [-0.39, 0.29) is 5.69 Å². The molecule has 2 N–H and O–H groups in total. The third-order valence-corrected chi connectivity index (χ3v) is 1.43. The van der Waals surface area contributed by atoms with Crippen LogP contribution < -0.4 is 5.73 Å². The molecule has 0 amide bonds. The van der Waals surface area contributed by atoms with Crippen LogP contribution in [0, 0.1) is 25.1 Å². The lowest BCUT2D eigenvalue weighted by Gasteiger charge is -2.00. The number of halogens is 1. The van der Waals surface area contributed by atoms with E-state index in [1.807, 2.05) is 0 Å². The highest BCUT2D eigenvalue weighted by molar-refractivity contribution is 5.57. The van der Waals surface area contributed by atoms with Gasteiger partial charge in [0.15, 0.2) is 0 Å². The van der Waals surface area contributed by atoms with Gasteiger partial charge in [-0.05, 0) is 24.6 Å². The first-order chi connectivity index (χ1) is 5.15. The molecule has 0 aliphatic heterocycles. The first-order valence-corrected chi connectivity index (χ1v) is 3.17. The Bertz CT molecular complexity index is 323. The highest BCUT2D eigenvalue weighted by Crippen LogP contribution is 2.16. The molecule has 1 rings (SSSR count). The standard InChI is InChI=1S/C9H8FN/c1-3-7-4-6(2)5-8(10)9(7)11/h1,4-5H,11H2,2H3. The van der Waals surface area contributed by atoms with Gasteiger partial charge >= 0.3 is 0 Å². The second kappa shape index (κ2) is 2.63. The number of terminal acetylenes is 1. The molecule has 1 aromatic rings. The summed E-state index contributed by atoms with van der Waals surface area (Å²) in [6.45, 7) is 1.77. The van der Waals surface area contributed by atoms with Crippen LogP contribution in [0.25, 0.3) is 0 Å². The molecule has 0 saturated carbocycles. The van der Waals surface area contributed by atoms with E-state index < -0.39 is 5.82 Å². The van der Waals surface area contributed by atoms with E-state index in [9.17, 15) is 4.39 Å². The van der Waals surface area contributed by atoms with Crippen molar-refractivity contribution in [2.75, 3.05) is 5.73 Å². The van der Waals surface area contributed by atoms with Gasteiger partial charge in [0, 0.05) is 0 Å². The minimum Gasteiger partial charge on any atom is -0.395 e. The lowest BCUT2D eigenvalue weighted by molar-refractivity contribution is 0.631. The maximum Gasteiger partial charge on any atom is 0.147 e. The molecule has 0 unspecified atom stereocenters. The molecular weight excluding hydrogens is 141 g/mol. The van der Waals surface area contributed by atoms with Crippen LogP contribution in [0.5, 0.6) is 0 Å². The molecule has 2 heteroatoms. The fourth-order valence-corrected chi connectivity index (χ4v) is 0.873. The zero-order valence-corrected chi connectivity index (χ0v) is 6.19. The van der Waals surface area contributed by atoms with Gasteiger partial charge in [-0.1, -0.05) is 5.92 Å². The molecule has 0 aliphatic carbocycles. The summed E-state index contributed by atoms with van der Waals surface area (Å²) >= 11 is 0. The van der Waals surface area contributed by atoms with Crippen LogP contribution in [0.2, 0.25) is 0 Å². The fourth-order valence-electron chi connectivity index (χ4n) is 0.873. The van der Waals surface area contributed by atoms with Crippen molar-refractivity contribution in [3.05, 3.63) is 29.1 Å². The number of rotatable bonds is 0. The molecule has 0 spiro atoms. The summed E-state index contributed by atoms with van der Waals surface area (Å²) in [5, 5.41) is 0. The number of nitrogen functional groups attached to an aromatic ring is 1. The summed E-state index contributed by atoms with van der Waals surface area (Å²) in [4.78, 5) is 0. The molecule has 0 fully saturated rings. The predicted molar refractivity (Wildman–Crippen MR) is 43.5 cm³/mol. The van der Waals surface area contributed by atoms with Gasteiger partial charge in [0.25, 0.3) is 0 Å². The van der Waals surface area contributed by atoms with Gasteiger partial charge in [0.05, 0.1) is 11.3 Å². The third-order valence-electron chi connectivity index (χ3n) is 1.43. The molecule has 1 nitrogen and oxygen atoms in total. The SMILES string of the molecule is C#Cc1cc(C)cc(F)c1N.